The minimum Gasteiger partial charge on any atom is -0.378 e. The van der Waals surface area contributed by atoms with Crippen molar-refractivity contribution in [2.24, 2.45) is 0 Å². The van der Waals surface area contributed by atoms with Crippen molar-refractivity contribution in [3.8, 4) is 0 Å². The Morgan fingerprint density at radius 2 is 1.58 bits per heavy atom. The lowest BCUT2D eigenvalue weighted by Gasteiger charge is -2.40. The van der Waals surface area contributed by atoms with E-state index in [0.29, 0.717) is 0 Å². The summed E-state index contributed by atoms with van der Waals surface area (Å²) < 4.78 is 13.4. The quantitative estimate of drug-likeness (QED) is 0.497. The average Bonchev–Trinajstić information content (AvgIpc) is 2.90. The number of carbonyl (C=O) groups is 2. The maximum absolute atomic E-state index is 13.4. The highest BCUT2D eigenvalue weighted by atomic mass is 19.1. The van der Waals surface area contributed by atoms with Gasteiger partial charge in [0, 0.05) is 63.9 Å². The Hall–Kier alpha value is -3.91. The van der Waals surface area contributed by atoms with Crippen LogP contribution < -0.4 is 20.4 Å². The molecule has 0 spiro atoms. The van der Waals surface area contributed by atoms with Gasteiger partial charge in [-0.1, -0.05) is 36.4 Å². The number of halogens is 1. The molecule has 8 heteroatoms. The number of rotatable bonds is 7. The van der Waals surface area contributed by atoms with Crippen molar-refractivity contribution in [1.29, 1.82) is 0 Å². The number of piperazine rings is 1. The Balaban J connectivity index is 1.43. The number of hydrogen-bond acceptors (Lipinski definition) is 5. The zero-order chi connectivity index (χ0) is 25.5. The van der Waals surface area contributed by atoms with Crippen molar-refractivity contribution in [2.75, 3.05) is 61.9 Å². The van der Waals surface area contributed by atoms with Crippen LogP contribution in [-0.2, 0) is 9.59 Å². The van der Waals surface area contributed by atoms with Gasteiger partial charge in [0.25, 0.3) is 0 Å². The molecule has 1 saturated heterocycles. The highest BCUT2D eigenvalue weighted by Gasteiger charge is 2.27. The number of hydrogen-bond donors (Lipinski definition) is 2. The van der Waals surface area contributed by atoms with Gasteiger partial charge in [0.2, 0.25) is 0 Å². The zero-order valence-corrected chi connectivity index (χ0v) is 20.7. The maximum Gasteiger partial charge on any atom is 0.313 e. The van der Waals surface area contributed by atoms with Gasteiger partial charge in [0.1, 0.15) is 5.82 Å². The van der Waals surface area contributed by atoms with Crippen molar-refractivity contribution in [3.63, 3.8) is 0 Å². The molecule has 0 aliphatic carbocycles. The van der Waals surface area contributed by atoms with Crippen LogP contribution in [0.25, 0.3) is 0 Å². The van der Waals surface area contributed by atoms with Gasteiger partial charge in [0.15, 0.2) is 0 Å². The van der Waals surface area contributed by atoms with Crippen LogP contribution >= 0.6 is 0 Å². The molecule has 7 nitrogen and oxygen atoms in total. The lowest BCUT2D eigenvalue weighted by Crippen LogP contribution is -2.50. The molecule has 2 amide bonds. The van der Waals surface area contributed by atoms with E-state index < -0.39 is 17.6 Å². The summed E-state index contributed by atoms with van der Waals surface area (Å²) in [5.41, 5.74) is 3.60. The molecule has 1 fully saturated rings. The monoisotopic (exact) mass is 489 g/mol. The number of para-hydroxylation sites is 1. The summed E-state index contributed by atoms with van der Waals surface area (Å²) in [6.45, 7) is 3.65. The smallest absolute Gasteiger partial charge is 0.313 e. The Bertz CT molecular complexity index is 1160. The molecule has 0 radical (unpaired) electrons. The van der Waals surface area contributed by atoms with Crippen LogP contribution in [0.5, 0.6) is 0 Å². The van der Waals surface area contributed by atoms with E-state index >= 15 is 0 Å². The highest BCUT2D eigenvalue weighted by molar-refractivity contribution is 6.39. The van der Waals surface area contributed by atoms with Gasteiger partial charge in [-0.25, -0.2) is 4.39 Å². The third kappa shape index (κ3) is 6.40. The second-order valence-electron chi connectivity index (χ2n) is 9.03. The van der Waals surface area contributed by atoms with Gasteiger partial charge in [-0.2, -0.15) is 0 Å². The SMILES string of the molecule is CN(C)c1ccc(C(CNC(=O)C(=O)Nc2cccc(F)c2)N2CCN(c3ccccc3)CC2)cc1. The van der Waals surface area contributed by atoms with Crippen molar-refractivity contribution in [1.82, 2.24) is 10.2 Å². The van der Waals surface area contributed by atoms with Crippen molar-refractivity contribution in [3.05, 3.63) is 90.2 Å². The molecule has 4 rings (SSSR count). The van der Waals surface area contributed by atoms with E-state index in [4.69, 9.17) is 0 Å². The highest BCUT2D eigenvalue weighted by Crippen LogP contribution is 2.25. The molecule has 36 heavy (non-hydrogen) atoms. The van der Waals surface area contributed by atoms with Crippen LogP contribution in [0.4, 0.5) is 21.5 Å². The fourth-order valence-corrected chi connectivity index (χ4v) is 4.41. The molecule has 1 atom stereocenters. The van der Waals surface area contributed by atoms with Gasteiger partial charge in [-0.15, -0.1) is 0 Å². The zero-order valence-electron chi connectivity index (χ0n) is 20.7. The van der Waals surface area contributed by atoms with Crippen LogP contribution in [0, 0.1) is 5.82 Å². The van der Waals surface area contributed by atoms with Crippen LogP contribution in [0.1, 0.15) is 11.6 Å². The third-order valence-electron chi connectivity index (χ3n) is 6.42. The second-order valence-corrected chi connectivity index (χ2v) is 9.03. The summed E-state index contributed by atoms with van der Waals surface area (Å²) in [7, 11) is 3.99. The van der Waals surface area contributed by atoms with E-state index in [-0.39, 0.29) is 18.3 Å². The first-order valence-corrected chi connectivity index (χ1v) is 12.1. The Morgan fingerprint density at radius 3 is 2.22 bits per heavy atom. The minimum absolute atomic E-state index is 0.0925. The van der Waals surface area contributed by atoms with E-state index in [1.54, 1.807) is 0 Å². The minimum atomic E-state index is -0.823. The summed E-state index contributed by atoms with van der Waals surface area (Å²) in [6, 6.07) is 24.0. The van der Waals surface area contributed by atoms with Gasteiger partial charge in [-0.05, 0) is 48.0 Å². The summed E-state index contributed by atoms with van der Waals surface area (Å²) in [5, 5.41) is 5.24. The van der Waals surface area contributed by atoms with Crippen LogP contribution in [0.3, 0.4) is 0 Å². The Morgan fingerprint density at radius 1 is 0.889 bits per heavy atom. The fraction of sp³-hybridized carbons (Fsp3) is 0.286. The van der Waals surface area contributed by atoms with Crippen LogP contribution in [0.2, 0.25) is 0 Å². The molecule has 0 aromatic heterocycles. The molecule has 1 heterocycles. The molecule has 3 aromatic rings. The number of nitrogens with one attached hydrogen (secondary N) is 2. The molecule has 1 unspecified atom stereocenters. The largest absolute Gasteiger partial charge is 0.378 e. The molecular formula is C28H32FN5O2. The second kappa shape index (κ2) is 11.7. The number of amides is 2. The molecule has 3 aromatic carbocycles. The molecule has 0 bridgehead atoms. The van der Waals surface area contributed by atoms with E-state index in [1.165, 1.54) is 30.0 Å². The first kappa shape index (κ1) is 25.2. The van der Waals surface area contributed by atoms with E-state index in [9.17, 15) is 14.0 Å². The third-order valence-corrected chi connectivity index (χ3v) is 6.42. The number of nitrogens with zero attached hydrogens (tertiary/aromatic N) is 3. The number of anilines is 3. The van der Waals surface area contributed by atoms with Crippen LogP contribution in [0.15, 0.2) is 78.9 Å². The molecule has 188 valence electrons. The molecule has 1 aliphatic heterocycles. The van der Waals surface area contributed by atoms with Gasteiger partial charge < -0.3 is 20.4 Å². The van der Waals surface area contributed by atoms with Gasteiger partial charge in [0.05, 0.1) is 6.04 Å². The standard InChI is InChI=1S/C28H32FN5O2/c1-32(2)24-13-11-21(12-14-24)26(34-17-15-33(16-18-34)25-9-4-3-5-10-25)20-30-27(35)28(36)31-23-8-6-7-22(29)19-23/h3-14,19,26H,15-18,20H2,1-2H3,(H,30,35)(H,31,36). The summed E-state index contributed by atoms with van der Waals surface area (Å²) in [4.78, 5) is 31.7. The average molecular weight is 490 g/mol. The van der Waals surface area contributed by atoms with E-state index in [0.717, 1.165) is 37.4 Å². The predicted molar refractivity (Wildman–Crippen MR) is 142 cm³/mol. The molecular weight excluding hydrogens is 457 g/mol. The maximum atomic E-state index is 13.4. The van der Waals surface area contributed by atoms with Crippen molar-refractivity contribution < 1.29 is 14.0 Å². The predicted octanol–water partition coefficient (Wildman–Crippen LogP) is 3.51. The summed E-state index contributed by atoms with van der Waals surface area (Å²) in [6.07, 6.45) is 0. The first-order chi connectivity index (χ1) is 17.4. The molecule has 0 saturated carbocycles. The molecule has 2 N–H and O–H groups in total. The Kier molecular flexibility index (Phi) is 8.17. The Labute approximate surface area is 211 Å². The van der Waals surface area contributed by atoms with Crippen molar-refractivity contribution >= 4 is 28.9 Å². The number of benzene rings is 3. The lowest BCUT2D eigenvalue weighted by molar-refractivity contribution is -0.136. The summed E-state index contributed by atoms with van der Waals surface area (Å²) in [5.74, 6) is -2.06. The topological polar surface area (TPSA) is 67.9 Å². The lowest BCUT2D eigenvalue weighted by atomic mass is 10.0. The number of carbonyl (C=O) groups excluding carboxylic acids is 2. The van der Waals surface area contributed by atoms with E-state index in [2.05, 4.69) is 56.8 Å². The van der Waals surface area contributed by atoms with Crippen LogP contribution in [-0.4, -0.2) is 63.5 Å². The molecule has 1 aliphatic rings. The fourth-order valence-electron chi connectivity index (χ4n) is 4.41. The van der Waals surface area contributed by atoms with E-state index in [1.807, 2.05) is 37.2 Å². The van der Waals surface area contributed by atoms with Crippen molar-refractivity contribution in [2.45, 2.75) is 6.04 Å². The van der Waals surface area contributed by atoms with Gasteiger partial charge in [-0.3, -0.25) is 14.5 Å². The van der Waals surface area contributed by atoms with Gasteiger partial charge >= 0.3 is 11.8 Å². The normalized spacial score (nSPS) is 14.7. The summed E-state index contributed by atoms with van der Waals surface area (Å²) >= 11 is 0. The first-order valence-electron chi connectivity index (χ1n) is 12.1.